The molecule has 0 atom stereocenters. The van der Waals surface area contributed by atoms with Gasteiger partial charge in [-0.15, -0.1) is 11.3 Å². The normalized spacial score (nSPS) is 15.1. The average molecular weight is 476 g/mol. The Morgan fingerprint density at radius 1 is 1.23 bits per heavy atom. The topological polar surface area (TPSA) is 79.0 Å². The Kier molecular flexibility index (Phi) is 7.97. The summed E-state index contributed by atoms with van der Waals surface area (Å²) in [5.74, 6) is -1.08. The van der Waals surface area contributed by atoms with Crippen LogP contribution in [0.1, 0.15) is 15.2 Å². The van der Waals surface area contributed by atoms with E-state index in [1.54, 1.807) is 30.3 Å². The van der Waals surface area contributed by atoms with E-state index in [4.69, 9.17) is 17.0 Å². The van der Waals surface area contributed by atoms with Crippen molar-refractivity contribution in [2.45, 2.75) is 0 Å². The molecule has 0 bridgehead atoms. The molecule has 2 heterocycles. The largest absolute Gasteiger partial charge is 0.461 e. The second kappa shape index (κ2) is 10.7. The first-order valence-corrected chi connectivity index (χ1v) is 11.4. The van der Waals surface area contributed by atoms with Gasteiger partial charge in [-0.3, -0.25) is 14.5 Å². The number of hydrogen-bond donors (Lipinski definition) is 1. The molecule has 0 radical (unpaired) electrons. The van der Waals surface area contributed by atoms with Crippen molar-refractivity contribution in [1.82, 2.24) is 9.80 Å². The summed E-state index contributed by atoms with van der Waals surface area (Å²) in [6.07, 6.45) is 1.78. The molecule has 1 saturated heterocycles. The van der Waals surface area contributed by atoms with E-state index in [0.717, 1.165) is 4.88 Å². The Balaban J connectivity index is 1.54. The van der Waals surface area contributed by atoms with Crippen molar-refractivity contribution < 1.29 is 19.1 Å². The summed E-state index contributed by atoms with van der Waals surface area (Å²) in [4.78, 5) is 41.7. The third-order valence-corrected chi connectivity index (χ3v) is 6.36. The highest BCUT2D eigenvalue weighted by atomic mass is 32.2. The van der Waals surface area contributed by atoms with Crippen molar-refractivity contribution in [2.75, 3.05) is 39.1 Å². The highest BCUT2D eigenvalue weighted by molar-refractivity contribution is 8.26. The van der Waals surface area contributed by atoms with Gasteiger partial charge in [0.05, 0.1) is 10.5 Å². The molecule has 162 valence electrons. The fraction of sp³-hybridized carbons (Fsp3) is 0.238. The lowest BCUT2D eigenvalue weighted by Gasteiger charge is -2.14. The molecule has 0 unspecified atom stereocenters. The minimum absolute atomic E-state index is 0.180. The summed E-state index contributed by atoms with van der Waals surface area (Å²) in [7, 11) is 3.79. The zero-order valence-electron chi connectivity index (χ0n) is 17.0. The lowest BCUT2D eigenvalue weighted by Crippen LogP contribution is -2.36. The van der Waals surface area contributed by atoms with Crippen LogP contribution >= 0.6 is 35.3 Å². The molecule has 1 aliphatic heterocycles. The quantitative estimate of drug-likeness (QED) is 0.357. The van der Waals surface area contributed by atoms with Crippen molar-refractivity contribution in [3.05, 3.63) is 57.1 Å². The zero-order chi connectivity index (χ0) is 22.4. The molecule has 3 rings (SSSR count). The molecule has 1 aliphatic rings. The standard InChI is InChI=1S/C21H21N3O4S3/c1-23(2)9-10-28-20(27)14-5-7-15(8-6-14)22-18(25)13-24-19(26)17(31-21(24)29)12-16-4-3-11-30-16/h3-8,11-12H,9-10,13H2,1-2H3,(H,22,25). The summed E-state index contributed by atoms with van der Waals surface area (Å²) in [6.45, 7) is 0.759. The number of nitrogens with one attached hydrogen (secondary N) is 1. The summed E-state index contributed by atoms with van der Waals surface area (Å²) in [6, 6.07) is 10.2. The highest BCUT2D eigenvalue weighted by Gasteiger charge is 2.33. The van der Waals surface area contributed by atoms with Gasteiger partial charge in [0.15, 0.2) is 0 Å². The first kappa shape index (κ1) is 23.1. The van der Waals surface area contributed by atoms with Crippen molar-refractivity contribution in [3.8, 4) is 0 Å². The van der Waals surface area contributed by atoms with E-state index < -0.39 is 5.97 Å². The first-order valence-electron chi connectivity index (χ1n) is 9.34. The molecule has 2 aromatic rings. The predicted octanol–water partition coefficient (Wildman–Crippen LogP) is 3.31. The van der Waals surface area contributed by atoms with Crippen molar-refractivity contribution in [3.63, 3.8) is 0 Å². The number of thioether (sulfide) groups is 1. The van der Waals surface area contributed by atoms with E-state index in [0.29, 0.717) is 33.6 Å². The van der Waals surface area contributed by atoms with Gasteiger partial charge in [-0.05, 0) is 55.9 Å². The van der Waals surface area contributed by atoms with Crippen LogP contribution in [0.5, 0.6) is 0 Å². The Bertz CT molecular complexity index is 1000. The van der Waals surface area contributed by atoms with Gasteiger partial charge in [-0.25, -0.2) is 4.79 Å². The molecule has 0 aliphatic carbocycles. The predicted molar refractivity (Wildman–Crippen MR) is 128 cm³/mol. The van der Waals surface area contributed by atoms with Crippen LogP contribution < -0.4 is 5.32 Å². The Morgan fingerprint density at radius 3 is 2.61 bits per heavy atom. The van der Waals surface area contributed by atoms with Crippen LogP contribution in [0.3, 0.4) is 0 Å². The SMILES string of the molecule is CN(C)CCOC(=O)c1ccc(NC(=O)CN2C(=O)C(=Cc3cccs3)SC2=S)cc1. The molecule has 1 aromatic carbocycles. The van der Waals surface area contributed by atoms with Crippen LogP contribution in [0.25, 0.3) is 6.08 Å². The van der Waals surface area contributed by atoms with Gasteiger partial charge in [0.25, 0.3) is 5.91 Å². The fourth-order valence-corrected chi connectivity index (χ4v) is 4.55. The summed E-state index contributed by atoms with van der Waals surface area (Å²) in [5, 5.41) is 4.64. The third kappa shape index (κ3) is 6.47. The number of thiophene rings is 1. The molecule has 10 heteroatoms. The minimum Gasteiger partial charge on any atom is -0.461 e. The number of hydrogen-bond acceptors (Lipinski definition) is 8. The van der Waals surface area contributed by atoms with E-state index in [9.17, 15) is 14.4 Å². The maximum Gasteiger partial charge on any atom is 0.338 e. The van der Waals surface area contributed by atoms with Gasteiger partial charge in [-0.1, -0.05) is 30.0 Å². The van der Waals surface area contributed by atoms with Crippen molar-refractivity contribution in [1.29, 1.82) is 0 Å². The molecule has 1 aromatic heterocycles. The van der Waals surface area contributed by atoms with E-state index in [1.165, 1.54) is 28.0 Å². The molecule has 1 N–H and O–H groups in total. The smallest absolute Gasteiger partial charge is 0.338 e. The zero-order valence-corrected chi connectivity index (χ0v) is 19.4. The number of rotatable bonds is 8. The van der Waals surface area contributed by atoms with Crippen LogP contribution in [0.2, 0.25) is 0 Å². The van der Waals surface area contributed by atoms with Gasteiger partial charge < -0.3 is 15.0 Å². The summed E-state index contributed by atoms with van der Waals surface area (Å²) >= 11 is 7.97. The summed E-state index contributed by atoms with van der Waals surface area (Å²) < 4.78 is 5.53. The number of carbonyl (C=O) groups is 3. The second-order valence-electron chi connectivity index (χ2n) is 6.85. The molecular formula is C21H21N3O4S3. The minimum atomic E-state index is -0.421. The molecule has 2 amide bonds. The Morgan fingerprint density at radius 2 is 1.97 bits per heavy atom. The summed E-state index contributed by atoms with van der Waals surface area (Å²) in [5.41, 5.74) is 0.904. The Hall–Kier alpha value is -2.53. The number of carbonyl (C=O) groups excluding carboxylic acids is 3. The van der Waals surface area contributed by atoms with Crippen LogP contribution in [0.4, 0.5) is 5.69 Å². The molecule has 31 heavy (non-hydrogen) atoms. The lowest BCUT2D eigenvalue weighted by molar-refractivity contribution is -0.126. The number of nitrogens with zero attached hydrogens (tertiary/aromatic N) is 2. The van der Waals surface area contributed by atoms with Crippen LogP contribution in [0, 0.1) is 0 Å². The number of thiocarbonyl (C=S) groups is 1. The van der Waals surface area contributed by atoms with Crippen LogP contribution in [-0.2, 0) is 14.3 Å². The number of likely N-dealkylation sites (N-methyl/N-ethyl adjacent to an activating group) is 1. The number of anilines is 1. The average Bonchev–Trinajstić information content (AvgIpc) is 3.32. The number of benzene rings is 1. The van der Waals surface area contributed by atoms with Crippen molar-refractivity contribution in [2.24, 2.45) is 0 Å². The lowest BCUT2D eigenvalue weighted by atomic mass is 10.2. The first-order chi connectivity index (χ1) is 14.8. The van der Waals surface area contributed by atoms with Crippen LogP contribution in [0.15, 0.2) is 46.7 Å². The number of amides is 2. The maximum atomic E-state index is 12.6. The molecule has 0 saturated carbocycles. The number of esters is 1. The fourth-order valence-electron chi connectivity index (χ4n) is 2.58. The van der Waals surface area contributed by atoms with Gasteiger partial charge in [0.2, 0.25) is 5.91 Å². The highest BCUT2D eigenvalue weighted by Crippen LogP contribution is 2.33. The molecule has 7 nitrogen and oxygen atoms in total. The van der Waals surface area contributed by atoms with Crippen molar-refractivity contribution >= 4 is 69.2 Å². The van der Waals surface area contributed by atoms with Gasteiger partial charge >= 0.3 is 5.97 Å². The maximum absolute atomic E-state index is 12.6. The molecule has 0 spiro atoms. The van der Waals surface area contributed by atoms with E-state index >= 15 is 0 Å². The van der Waals surface area contributed by atoms with E-state index in [2.05, 4.69) is 5.32 Å². The van der Waals surface area contributed by atoms with E-state index in [1.807, 2.05) is 36.5 Å². The van der Waals surface area contributed by atoms with E-state index in [-0.39, 0.29) is 18.4 Å². The van der Waals surface area contributed by atoms with Gasteiger partial charge in [-0.2, -0.15) is 0 Å². The van der Waals surface area contributed by atoms with Gasteiger partial charge in [0, 0.05) is 17.1 Å². The molecule has 1 fully saturated rings. The Labute approximate surface area is 194 Å². The number of ether oxygens (including phenoxy) is 1. The molecular weight excluding hydrogens is 454 g/mol. The third-order valence-electron chi connectivity index (χ3n) is 4.17. The second-order valence-corrected chi connectivity index (χ2v) is 9.50. The monoisotopic (exact) mass is 475 g/mol. The van der Waals surface area contributed by atoms with Crippen LogP contribution in [-0.4, -0.2) is 65.7 Å². The van der Waals surface area contributed by atoms with Gasteiger partial charge in [0.1, 0.15) is 17.5 Å².